The number of carbonyl (C=O) groups excluding carboxylic acids is 1. The van der Waals surface area contributed by atoms with E-state index in [2.05, 4.69) is 16.9 Å². The summed E-state index contributed by atoms with van der Waals surface area (Å²) >= 11 is 0. The van der Waals surface area contributed by atoms with Crippen molar-refractivity contribution in [3.8, 4) is 5.75 Å². The fourth-order valence-electron chi connectivity index (χ4n) is 2.58. The van der Waals surface area contributed by atoms with Crippen molar-refractivity contribution < 1.29 is 9.53 Å². The molecule has 0 saturated heterocycles. The van der Waals surface area contributed by atoms with Gasteiger partial charge in [-0.15, -0.1) is 6.58 Å². The minimum atomic E-state index is -0.0837. The lowest BCUT2D eigenvalue weighted by molar-refractivity contribution is -0.121. The van der Waals surface area contributed by atoms with Crippen LogP contribution in [-0.4, -0.2) is 22.0 Å². The van der Waals surface area contributed by atoms with Crippen molar-refractivity contribution in [1.29, 1.82) is 0 Å². The monoisotopic (exact) mass is 335 g/mol. The van der Waals surface area contributed by atoms with E-state index in [-0.39, 0.29) is 12.5 Å². The van der Waals surface area contributed by atoms with E-state index in [0.717, 1.165) is 22.6 Å². The third kappa shape index (κ3) is 4.07. The van der Waals surface area contributed by atoms with Crippen LogP contribution in [0.25, 0.3) is 11.0 Å². The Bertz CT molecular complexity index is 882. The number of benzene rings is 2. The van der Waals surface area contributed by atoms with E-state index in [9.17, 15) is 4.79 Å². The summed E-state index contributed by atoms with van der Waals surface area (Å²) in [5, 5.41) is 2.80. The largest absolute Gasteiger partial charge is 0.486 e. The average molecular weight is 335 g/mol. The molecule has 1 aromatic heterocycles. The van der Waals surface area contributed by atoms with Crippen molar-refractivity contribution >= 4 is 16.9 Å². The highest BCUT2D eigenvalue weighted by molar-refractivity contribution is 5.81. The van der Waals surface area contributed by atoms with Crippen LogP contribution >= 0.6 is 0 Å². The standard InChI is InChI=1S/C20H21N3O2/c1-3-12-21-20(24)13-23-18-7-5-4-6-17(18)22-19(23)14-25-16-10-8-15(2)9-11-16/h3-11H,1,12-14H2,2H3,(H,21,24). The molecule has 1 amide bonds. The highest BCUT2D eigenvalue weighted by Gasteiger charge is 2.13. The van der Waals surface area contributed by atoms with Crippen LogP contribution in [0.4, 0.5) is 0 Å². The number of hydrogen-bond donors (Lipinski definition) is 1. The molecule has 0 radical (unpaired) electrons. The average Bonchev–Trinajstić information content (AvgIpc) is 2.97. The van der Waals surface area contributed by atoms with Gasteiger partial charge in [0.05, 0.1) is 11.0 Å². The Balaban J connectivity index is 1.83. The summed E-state index contributed by atoms with van der Waals surface area (Å²) in [6.45, 7) is 6.58. The van der Waals surface area contributed by atoms with Gasteiger partial charge in [-0.25, -0.2) is 4.98 Å². The van der Waals surface area contributed by atoms with E-state index < -0.39 is 0 Å². The van der Waals surface area contributed by atoms with Gasteiger partial charge in [0.2, 0.25) is 5.91 Å². The molecule has 5 nitrogen and oxygen atoms in total. The maximum absolute atomic E-state index is 12.1. The Morgan fingerprint density at radius 3 is 2.76 bits per heavy atom. The second-order valence-corrected chi connectivity index (χ2v) is 5.80. The topological polar surface area (TPSA) is 56.2 Å². The Morgan fingerprint density at radius 1 is 1.24 bits per heavy atom. The fourth-order valence-corrected chi connectivity index (χ4v) is 2.58. The zero-order chi connectivity index (χ0) is 17.6. The van der Waals surface area contributed by atoms with E-state index in [4.69, 9.17) is 4.74 Å². The van der Waals surface area contributed by atoms with Gasteiger partial charge in [0.15, 0.2) is 0 Å². The first-order chi connectivity index (χ1) is 12.2. The first-order valence-electron chi connectivity index (χ1n) is 8.18. The second-order valence-electron chi connectivity index (χ2n) is 5.80. The van der Waals surface area contributed by atoms with Crippen LogP contribution in [0.1, 0.15) is 11.4 Å². The lowest BCUT2D eigenvalue weighted by Gasteiger charge is -2.10. The van der Waals surface area contributed by atoms with Gasteiger partial charge in [0.1, 0.15) is 24.7 Å². The van der Waals surface area contributed by atoms with Crippen LogP contribution in [0.5, 0.6) is 5.75 Å². The van der Waals surface area contributed by atoms with Gasteiger partial charge in [0.25, 0.3) is 0 Å². The van der Waals surface area contributed by atoms with E-state index in [1.807, 2.05) is 60.0 Å². The molecular weight excluding hydrogens is 314 g/mol. The maximum atomic E-state index is 12.1. The summed E-state index contributed by atoms with van der Waals surface area (Å²) in [4.78, 5) is 16.7. The molecule has 3 aromatic rings. The fraction of sp³-hybridized carbons (Fsp3) is 0.200. The third-order valence-electron chi connectivity index (χ3n) is 3.87. The number of para-hydroxylation sites is 2. The highest BCUT2D eigenvalue weighted by Crippen LogP contribution is 2.18. The van der Waals surface area contributed by atoms with Crippen molar-refractivity contribution in [3.63, 3.8) is 0 Å². The molecule has 0 spiro atoms. The number of nitrogens with one attached hydrogen (secondary N) is 1. The minimum absolute atomic E-state index is 0.0837. The van der Waals surface area contributed by atoms with Crippen LogP contribution < -0.4 is 10.1 Å². The number of rotatable bonds is 7. The summed E-state index contributed by atoms with van der Waals surface area (Å²) in [7, 11) is 0. The second kappa shape index (κ2) is 7.66. The zero-order valence-electron chi connectivity index (χ0n) is 14.2. The zero-order valence-corrected chi connectivity index (χ0v) is 14.2. The van der Waals surface area contributed by atoms with Gasteiger partial charge >= 0.3 is 0 Å². The van der Waals surface area contributed by atoms with Crippen LogP contribution in [0, 0.1) is 6.92 Å². The van der Waals surface area contributed by atoms with E-state index in [0.29, 0.717) is 13.2 Å². The van der Waals surface area contributed by atoms with Crippen LogP contribution in [0.15, 0.2) is 61.2 Å². The first kappa shape index (κ1) is 16.8. The quantitative estimate of drug-likeness (QED) is 0.675. The Labute approximate surface area is 146 Å². The summed E-state index contributed by atoms with van der Waals surface area (Å²) in [5.41, 5.74) is 2.94. The third-order valence-corrected chi connectivity index (χ3v) is 3.87. The normalized spacial score (nSPS) is 10.6. The number of fused-ring (bicyclic) bond motifs is 1. The van der Waals surface area contributed by atoms with Crippen LogP contribution in [0.2, 0.25) is 0 Å². The van der Waals surface area contributed by atoms with E-state index in [1.54, 1.807) is 6.08 Å². The van der Waals surface area contributed by atoms with Crippen molar-refractivity contribution in [3.05, 3.63) is 72.6 Å². The number of hydrogen-bond acceptors (Lipinski definition) is 3. The molecule has 3 rings (SSSR count). The van der Waals surface area contributed by atoms with E-state index in [1.165, 1.54) is 5.56 Å². The molecule has 1 heterocycles. The number of carbonyl (C=O) groups is 1. The summed E-state index contributed by atoms with van der Waals surface area (Å²) in [5.74, 6) is 1.41. The molecule has 5 heteroatoms. The minimum Gasteiger partial charge on any atom is -0.486 e. The maximum Gasteiger partial charge on any atom is 0.240 e. The van der Waals surface area contributed by atoms with Crippen molar-refractivity contribution in [1.82, 2.24) is 14.9 Å². The molecule has 0 atom stereocenters. The number of aryl methyl sites for hydroxylation is 1. The molecule has 0 bridgehead atoms. The van der Waals surface area contributed by atoms with Gasteiger partial charge in [-0.1, -0.05) is 35.9 Å². The Hall–Kier alpha value is -3.08. The predicted octanol–water partition coefficient (Wildman–Crippen LogP) is 3.23. The van der Waals surface area contributed by atoms with Crippen molar-refractivity contribution in [2.45, 2.75) is 20.1 Å². The number of nitrogens with zero attached hydrogens (tertiary/aromatic N) is 2. The Morgan fingerprint density at radius 2 is 2.00 bits per heavy atom. The van der Waals surface area contributed by atoms with Gasteiger partial charge < -0.3 is 14.6 Å². The molecule has 0 aliphatic rings. The van der Waals surface area contributed by atoms with E-state index >= 15 is 0 Å². The Kier molecular flexibility index (Phi) is 5.14. The number of ether oxygens (including phenoxy) is 1. The summed E-state index contributed by atoms with van der Waals surface area (Å²) in [6, 6.07) is 15.6. The lowest BCUT2D eigenvalue weighted by Crippen LogP contribution is -2.28. The number of imidazole rings is 1. The van der Waals surface area contributed by atoms with Crippen LogP contribution in [-0.2, 0) is 17.9 Å². The summed E-state index contributed by atoms with van der Waals surface area (Å²) in [6.07, 6.45) is 1.66. The van der Waals surface area contributed by atoms with Gasteiger partial charge in [-0.3, -0.25) is 4.79 Å². The SMILES string of the molecule is C=CCNC(=O)Cn1c(COc2ccc(C)cc2)nc2ccccc21. The smallest absolute Gasteiger partial charge is 0.240 e. The van der Waals surface area contributed by atoms with Crippen LogP contribution in [0.3, 0.4) is 0 Å². The number of aromatic nitrogens is 2. The summed E-state index contributed by atoms with van der Waals surface area (Å²) < 4.78 is 7.74. The molecule has 0 fully saturated rings. The predicted molar refractivity (Wildman–Crippen MR) is 98.5 cm³/mol. The van der Waals surface area contributed by atoms with Gasteiger partial charge in [-0.2, -0.15) is 0 Å². The van der Waals surface area contributed by atoms with Gasteiger partial charge in [-0.05, 0) is 31.2 Å². The van der Waals surface area contributed by atoms with Crippen molar-refractivity contribution in [2.75, 3.05) is 6.54 Å². The molecule has 0 aliphatic carbocycles. The molecule has 1 N–H and O–H groups in total. The van der Waals surface area contributed by atoms with Crippen molar-refractivity contribution in [2.24, 2.45) is 0 Å². The molecule has 25 heavy (non-hydrogen) atoms. The molecular formula is C20H21N3O2. The molecule has 0 aliphatic heterocycles. The lowest BCUT2D eigenvalue weighted by atomic mass is 10.2. The molecule has 2 aromatic carbocycles. The molecule has 128 valence electrons. The molecule has 0 saturated carbocycles. The highest BCUT2D eigenvalue weighted by atomic mass is 16.5. The first-order valence-corrected chi connectivity index (χ1v) is 8.18. The molecule has 0 unspecified atom stereocenters. The van der Waals surface area contributed by atoms with Gasteiger partial charge in [0, 0.05) is 6.54 Å². The number of amides is 1.